The summed E-state index contributed by atoms with van der Waals surface area (Å²) in [5, 5.41) is 47.9. The third-order valence-electron chi connectivity index (χ3n) is 11.9. The highest BCUT2D eigenvalue weighted by molar-refractivity contribution is 7.67. The van der Waals surface area contributed by atoms with Crippen molar-refractivity contribution < 1.29 is 58.8 Å². The molecule has 0 radical (unpaired) electrons. The number of carbonyl (C=O) groups is 8. The number of hydrogen-bond acceptors (Lipinski definition) is 8. The molecule has 5 aromatic carbocycles. The van der Waals surface area contributed by atoms with E-state index in [9.17, 15) is 58.8 Å². The number of amides is 4. The summed E-state index contributed by atoms with van der Waals surface area (Å²) in [6, 6.07) is 30.9. The van der Waals surface area contributed by atoms with Crippen LogP contribution in [-0.4, -0.2) is 88.0 Å². The molecule has 4 aliphatic rings. The number of hydrogen-bond donors (Lipinski definition) is 4. The van der Waals surface area contributed by atoms with Gasteiger partial charge in [0.05, 0.1) is 22.3 Å². The topological polar surface area (TPSA) is 230 Å². The van der Waals surface area contributed by atoms with Crippen LogP contribution < -0.4 is 10.6 Å². The van der Waals surface area contributed by atoms with Gasteiger partial charge < -0.3 is 20.4 Å². The molecule has 0 aromatic heterocycles. The number of carboxylic acid groups (broad SMARTS) is 4. The molecule has 0 spiro atoms. The van der Waals surface area contributed by atoms with Crippen LogP contribution in [0.2, 0.25) is 0 Å². The Balaban J connectivity index is 1.38. The molecule has 6 atom stereocenters. The lowest BCUT2D eigenvalue weighted by atomic mass is 10.0. The van der Waals surface area contributed by atoms with E-state index in [4.69, 9.17) is 0 Å². The summed E-state index contributed by atoms with van der Waals surface area (Å²) in [7, 11) is -4.45. The fourth-order valence-electron chi connectivity index (χ4n) is 9.35. The molecular weight excluding hydrogens is 862 g/mol. The van der Waals surface area contributed by atoms with Crippen molar-refractivity contribution in [2.75, 3.05) is 0 Å². The zero-order valence-corrected chi connectivity index (χ0v) is 35.2. The highest BCUT2D eigenvalue weighted by atomic mass is 31.1. The highest BCUT2D eigenvalue weighted by Gasteiger charge is 2.60. The molecule has 5 aromatic rings. The first-order valence-corrected chi connectivity index (χ1v) is 23.0. The number of rotatable bonds is 10. The Hall–Kier alpha value is -7.28. The second-order valence-electron chi connectivity index (χ2n) is 15.3. The number of nitrogens with zero attached hydrogens (tertiary/aromatic N) is 4. The molecule has 18 heteroatoms. The lowest BCUT2D eigenvalue weighted by Gasteiger charge is -2.40. The molecule has 4 amide bonds. The molecule has 4 aliphatic heterocycles. The summed E-state index contributed by atoms with van der Waals surface area (Å²) in [5.41, 5.74) is 0.293. The van der Waals surface area contributed by atoms with Crippen molar-refractivity contribution in [2.45, 2.75) is 48.8 Å². The van der Waals surface area contributed by atoms with Crippen molar-refractivity contribution in [3.05, 3.63) is 166 Å². The van der Waals surface area contributed by atoms with E-state index in [1.165, 1.54) is 80.7 Å². The van der Waals surface area contributed by atoms with E-state index in [-0.39, 0.29) is 69.7 Å². The van der Waals surface area contributed by atoms with Gasteiger partial charge in [-0.05, 0) is 73.0 Å². The van der Waals surface area contributed by atoms with Crippen LogP contribution in [0.4, 0.5) is 0 Å². The van der Waals surface area contributed by atoms with E-state index in [1.807, 2.05) is 0 Å². The van der Waals surface area contributed by atoms with Gasteiger partial charge in [-0.1, -0.05) is 97.1 Å². The monoisotopic (exact) mass is 898 g/mol. The quantitative estimate of drug-likeness (QED) is 0.114. The van der Waals surface area contributed by atoms with Crippen molar-refractivity contribution in [2.24, 2.45) is 0 Å². The molecule has 4 heterocycles. The lowest BCUT2D eigenvalue weighted by molar-refractivity contribution is -0.172. The second-order valence-corrected chi connectivity index (χ2v) is 19.9. The Bertz CT molecular complexity index is 2660. The molecule has 2 unspecified atom stereocenters. The van der Waals surface area contributed by atoms with Crippen LogP contribution in [0, 0.1) is 0 Å². The largest absolute Gasteiger partial charge is 0.478 e. The summed E-state index contributed by atoms with van der Waals surface area (Å²) in [4.78, 5) is 110. The van der Waals surface area contributed by atoms with Gasteiger partial charge in [0.2, 0.25) is 23.6 Å². The minimum Gasteiger partial charge on any atom is -0.478 e. The first-order valence-electron chi connectivity index (χ1n) is 20.0. The molecule has 4 fully saturated rings. The van der Waals surface area contributed by atoms with E-state index in [0.717, 1.165) is 0 Å². The zero-order valence-electron chi connectivity index (χ0n) is 33.4. The maximum absolute atomic E-state index is 14.6. The highest BCUT2D eigenvalue weighted by Crippen LogP contribution is 2.74. The molecule has 16 nitrogen and oxygen atoms in total. The van der Waals surface area contributed by atoms with Crippen LogP contribution in [0.25, 0.3) is 0 Å². The standard InChI is InChI=1S/C46H36N4O12P2/c51-35-21-23-37(53)49-41(27-13-3-5-15-29(27)43(55)56)63(33-19-9-7-17-31(33)45(59)60)39(47(35)49)25-11-1-2-12-26(25)40-48-36(52)22-24-38(54)50(48)42(28-14-4-6-16-30(28)44(57)58)64(40)34-20-10-8-18-32(34)46(61)62/h1-20,39-42H,21-24H2,(H,55,56)(H,57,58)(H,59,60)(H,61,62)/t39-,40-,41-,42-,63?,64?/m1/s1. The predicted molar refractivity (Wildman–Crippen MR) is 230 cm³/mol. The third kappa shape index (κ3) is 6.68. The smallest absolute Gasteiger partial charge is 0.336 e. The van der Waals surface area contributed by atoms with Crippen LogP contribution >= 0.6 is 15.8 Å². The van der Waals surface area contributed by atoms with E-state index in [1.54, 1.807) is 60.7 Å². The Kier molecular flexibility index (Phi) is 10.8. The summed E-state index contributed by atoms with van der Waals surface area (Å²) >= 11 is 0. The van der Waals surface area contributed by atoms with Gasteiger partial charge in [0.1, 0.15) is 23.1 Å². The summed E-state index contributed by atoms with van der Waals surface area (Å²) in [5.74, 6) is -12.2. The SMILES string of the molecule is O=C(O)c1ccccc1[C@@H]1N2C(=O)CCC(=O)N2[C@@H](c2ccccc2[C@@H]2N3C(=O)CCC(=O)N3[C@@H](c3ccccc3C(=O)O)P2c2ccccc2C(=O)O)P1c1ccccc1C(=O)O. The molecule has 9 rings (SSSR count). The maximum atomic E-state index is 14.6. The second kappa shape index (κ2) is 16.4. The Morgan fingerprint density at radius 2 is 0.594 bits per heavy atom. The Morgan fingerprint density at radius 1 is 0.359 bits per heavy atom. The van der Waals surface area contributed by atoms with E-state index < -0.39 is 86.5 Å². The van der Waals surface area contributed by atoms with Crippen molar-refractivity contribution >= 4 is 74.0 Å². The van der Waals surface area contributed by atoms with Crippen molar-refractivity contribution in [3.8, 4) is 0 Å². The fourth-order valence-corrected chi connectivity index (χ4v) is 16.4. The van der Waals surface area contributed by atoms with Gasteiger partial charge in [-0.15, -0.1) is 0 Å². The minimum absolute atomic E-state index is 0.151. The fraction of sp³-hybridized carbons (Fsp3) is 0.174. The summed E-state index contributed by atoms with van der Waals surface area (Å²) < 4.78 is 0. The lowest BCUT2D eigenvalue weighted by Crippen LogP contribution is -2.51. The first kappa shape index (κ1) is 42.0. The van der Waals surface area contributed by atoms with Crippen molar-refractivity contribution in [1.82, 2.24) is 20.0 Å². The van der Waals surface area contributed by atoms with Gasteiger partial charge in [-0.25, -0.2) is 39.2 Å². The maximum Gasteiger partial charge on any atom is 0.336 e. The number of benzene rings is 5. The molecule has 0 aliphatic carbocycles. The van der Waals surface area contributed by atoms with Crippen LogP contribution in [0.15, 0.2) is 121 Å². The summed E-state index contributed by atoms with van der Waals surface area (Å²) in [6.45, 7) is 0. The number of aromatic carboxylic acids is 4. The predicted octanol–water partition coefficient (Wildman–Crippen LogP) is 6.25. The van der Waals surface area contributed by atoms with E-state index in [2.05, 4.69) is 0 Å². The minimum atomic E-state index is -2.22. The molecule has 0 saturated carbocycles. The van der Waals surface area contributed by atoms with E-state index in [0.29, 0.717) is 11.1 Å². The number of carbonyl (C=O) groups excluding carboxylic acids is 4. The van der Waals surface area contributed by atoms with Gasteiger partial charge in [0.15, 0.2) is 0 Å². The van der Waals surface area contributed by atoms with Crippen LogP contribution in [0.3, 0.4) is 0 Å². The molecule has 0 bridgehead atoms. The molecule has 4 N–H and O–H groups in total. The Labute approximate surface area is 366 Å². The summed E-state index contributed by atoms with van der Waals surface area (Å²) in [6.07, 6.45) is -0.894. The molecule has 322 valence electrons. The van der Waals surface area contributed by atoms with Gasteiger partial charge in [-0.2, -0.15) is 0 Å². The first-order chi connectivity index (χ1) is 30.8. The van der Waals surface area contributed by atoms with Gasteiger partial charge in [0.25, 0.3) is 0 Å². The van der Waals surface area contributed by atoms with E-state index >= 15 is 0 Å². The van der Waals surface area contributed by atoms with Crippen LogP contribution in [0.1, 0.15) is 113 Å². The number of carboxylic acids is 4. The number of fused-ring (bicyclic) bond motifs is 2. The third-order valence-corrected chi connectivity index (χ3v) is 17.9. The molecule has 4 saturated heterocycles. The molecular formula is C46H36N4O12P2. The normalized spacial score (nSPS) is 22.9. The van der Waals surface area contributed by atoms with Crippen LogP contribution in [0.5, 0.6) is 0 Å². The van der Waals surface area contributed by atoms with Gasteiger partial charge in [-0.3, -0.25) is 19.2 Å². The average Bonchev–Trinajstić information content (AvgIpc) is 3.85. The average molecular weight is 899 g/mol. The van der Waals surface area contributed by atoms with Gasteiger partial charge >= 0.3 is 23.9 Å². The van der Waals surface area contributed by atoms with Gasteiger partial charge in [0, 0.05) is 25.7 Å². The zero-order chi connectivity index (χ0) is 45.1. The molecule has 64 heavy (non-hydrogen) atoms. The van der Waals surface area contributed by atoms with Crippen molar-refractivity contribution in [1.29, 1.82) is 0 Å². The number of hydrazine groups is 2. The van der Waals surface area contributed by atoms with Crippen LogP contribution in [-0.2, 0) is 19.2 Å². The Morgan fingerprint density at radius 3 is 0.891 bits per heavy atom. The van der Waals surface area contributed by atoms with Crippen molar-refractivity contribution in [3.63, 3.8) is 0 Å².